The number of nitrogens with zero attached hydrogens (tertiary/aromatic N) is 2. The van der Waals surface area contributed by atoms with Gasteiger partial charge in [0, 0.05) is 36.8 Å². The van der Waals surface area contributed by atoms with E-state index >= 15 is 0 Å². The number of anilines is 1. The van der Waals surface area contributed by atoms with Crippen molar-refractivity contribution in [3.8, 4) is 0 Å². The molecule has 1 aliphatic heterocycles. The molecule has 0 spiro atoms. The second kappa shape index (κ2) is 6.95. The van der Waals surface area contributed by atoms with Gasteiger partial charge in [0.05, 0.1) is 10.7 Å². The van der Waals surface area contributed by atoms with Gasteiger partial charge >= 0.3 is 0 Å². The number of rotatable bonds is 2. The Morgan fingerprint density at radius 3 is 2.29 bits per heavy atom. The number of halogens is 4. The van der Waals surface area contributed by atoms with Crippen LogP contribution in [0.3, 0.4) is 0 Å². The monoisotopic (exact) mass is 370 g/mol. The number of amides is 1. The number of hydrogen-bond acceptors (Lipinski definition) is 2. The first-order valence-electron chi connectivity index (χ1n) is 7.40. The molecule has 24 heavy (non-hydrogen) atoms. The van der Waals surface area contributed by atoms with E-state index in [0.717, 1.165) is 17.8 Å². The van der Waals surface area contributed by atoms with Crippen molar-refractivity contribution < 1.29 is 13.6 Å². The SMILES string of the molecule is O=C(c1ccc(F)c(F)c1)N1CCN(c2cc(Cl)ccc2Cl)CC1. The Labute approximate surface area is 148 Å². The van der Waals surface area contributed by atoms with Crippen molar-refractivity contribution in [2.45, 2.75) is 0 Å². The van der Waals surface area contributed by atoms with Crippen LogP contribution in [0.5, 0.6) is 0 Å². The molecule has 1 heterocycles. The molecule has 3 nitrogen and oxygen atoms in total. The van der Waals surface area contributed by atoms with Crippen LogP contribution in [-0.4, -0.2) is 37.0 Å². The predicted octanol–water partition coefficient (Wildman–Crippen LogP) is 4.23. The van der Waals surface area contributed by atoms with Crippen molar-refractivity contribution in [2.75, 3.05) is 31.1 Å². The van der Waals surface area contributed by atoms with Gasteiger partial charge in [-0.3, -0.25) is 4.79 Å². The Morgan fingerprint density at radius 2 is 1.62 bits per heavy atom. The first-order chi connectivity index (χ1) is 11.5. The molecular weight excluding hydrogens is 357 g/mol. The lowest BCUT2D eigenvalue weighted by atomic mass is 10.1. The Bertz CT molecular complexity index is 777. The highest BCUT2D eigenvalue weighted by Gasteiger charge is 2.24. The van der Waals surface area contributed by atoms with E-state index in [1.807, 2.05) is 4.90 Å². The van der Waals surface area contributed by atoms with Crippen LogP contribution >= 0.6 is 23.2 Å². The summed E-state index contributed by atoms with van der Waals surface area (Å²) in [4.78, 5) is 16.1. The van der Waals surface area contributed by atoms with E-state index in [1.54, 1.807) is 23.1 Å². The maximum Gasteiger partial charge on any atom is 0.254 e. The normalized spacial score (nSPS) is 14.8. The molecule has 1 aliphatic rings. The average molecular weight is 371 g/mol. The standard InChI is InChI=1S/C17H14Cl2F2N2O/c18-12-2-3-13(19)16(10-12)22-5-7-23(8-6-22)17(24)11-1-4-14(20)15(21)9-11/h1-4,9-10H,5-8H2. The van der Waals surface area contributed by atoms with Crippen LogP contribution in [-0.2, 0) is 0 Å². The minimum Gasteiger partial charge on any atom is -0.367 e. The van der Waals surface area contributed by atoms with Crippen LogP contribution in [0.15, 0.2) is 36.4 Å². The zero-order valence-corrected chi connectivity index (χ0v) is 14.1. The van der Waals surface area contributed by atoms with Crippen molar-refractivity contribution in [1.82, 2.24) is 4.90 Å². The molecule has 0 N–H and O–H groups in total. The van der Waals surface area contributed by atoms with Crippen molar-refractivity contribution in [1.29, 1.82) is 0 Å². The fraction of sp³-hybridized carbons (Fsp3) is 0.235. The second-order valence-electron chi connectivity index (χ2n) is 5.50. The average Bonchev–Trinajstić information content (AvgIpc) is 2.59. The molecule has 0 saturated carbocycles. The van der Waals surface area contributed by atoms with E-state index in [9.17, 15) is 13.6 Å². The quantitative estimate of drug-likeness (QED) is 0.789. The Morgan fingerprint density at radius 1 is 0.917 bits per heavy atom. The number of piperazine rings is 1. The predicted molar refractivity (Wildman–Crippen MR) is 90.9 cm³/mol. The fourth-order valence-electron chi connectivity index (χ4n) is 2.69. The Hall–Kier alpha value is -1.85. The molecule has 1 saturated heterocycles. The molecule has 0 bridgehead atoms. The molecule has 0 atom stereocenters. The summed E-state index contributed by atoms with van der Waals surface area (Å²) in [6.07, 6.45) is 0. The number of carbonyl (C=O) groups excluding carboxylic acids is 1. The molecular formula is C17H14Cl2F2N2O. The number of benzene rings is 2. The minimum atomic E-state index is -1.02. The van der Waals surface area contributed by atoms with E-state index in [1.165, 1.54) is 6.07 Å². The van der Waals surface area contributed by atoms with Crippen LogP contribution in [0, 0.1) is 11.6 Å². The third-order valence-electron chi connectivity index (χ3n) is 3.98. The Kier molecular flexibility index (Phi) is 4.92. The highest BCUT2D eigenvalue weighted by atomic mass is 35.5. The highest BCUT2D eigenvalue weighted by molar-refractivity contribution is 6.35. The summed E-state index contributed by atoms with van der Waals surface area (Å²) in [7, 11) is 0. The zero-order valence-electron chi connectivity index (χ0n) is 12.6. The molecule has 2 aromatic carbocycles. The van der Waals surface area contributed by atoms with Crippen molar-refractivity contribution in [2.24, 2.45) is 0 Å². The first kappa shape index (κ1) is 17.0. The molecule has 1 fully saturated rings. The molecule has 0 unspecified atom stereocenters. The number of carbonyl (C=O) groups is 1. The maximum absolute atomic E-state index is 13.3. The lowest BCUT2D eigenvalue weighted by molar-refractivity contribution is 0.0746. The summed E-state index contributed by atoms with van der Waals surface area (Å²) < 4.78 is 26.3. The van der Waals surface area contributed by atoms with Gasteiger partial charge in [0.25, 0.3) is 5.91 Å². The fourth-order valence-corrected chi connectivity index (χ4v) is 3.09. The van der Waals surface area contributed by atoms with Gasteiger partial charge in [0.2, 0.25) is 0 Å². The first-order valence-corrected chi connectivity index (χ1v) is 8.15. The van der Waals surface area contributed by atoms with Gasteiger partial charge in [-0.1, -0.05) is 23.2 Å². The molecule has 7 heteroatoms. The number of hydrogen-bond donors (Lipinski definition) is 0. The van der Waals surface area contributed by atoms with Crippen molar-refractivity contribution in [3.63, 3.8) is 0 Å². The highest BCUT2D eigenvalue weighted by Crippen LogP contribution is 2.29. The van der Waals surface area contributed by atoms with Crippen LogP contribution < -0.4 is 4.90 Å². The molecule has 2 aromatic rings. The van der Waals surface area contributed by atoms with Gasteiger partial charge in [0.15, 0.2) is 11.6 Å². The van der Waals surface area contributed by atoms with Crippen LogP contribution in [0.25, 0.3) is 0 Å². The molecule has 0 aliphatic carbocycles. The van der Waals surface area contributed by atoms with E-state index in [-0.39, 0.29) is 11.5 Å². The smallest absolute Gasteiger partial charge is 0.254 e. The minimum absolute atomic E-state index is 0.142. The summed E-state index contributed by atoms with van der Waals surface area (Å²) in [5, 5.41) is 1.19. The lowest BCUT2D eigenvalue weighted by Crippen LogP contribution is -2.48. The zero-order chi connectivity index (χ0) is 17.3. The topological polar surface area (TPSA) is 23.6 Å². The summed E-state index contributed by atoms with van der Waals surface area (Å²) in [6, 6.07) is 8.43. The summed E-state index contributed by atoms with van der Waals surface area (Å²) in [5.74, 6) is -2.30. The van der Waals surface area contributed by atoms with Gasteiger partial charge in [0.1, 0.15) is 0 Å². The van der Waals surface area contributed by atoms with Crippen LogP contribution in [0.1, 0.15) is 10.4 Å². The van der Waals surface area contributed by atoms with E-state index < -0.39 is 11.6 Å². The lowest BCUT2D eigenvalue weighted by Gasteiger charge is -2.36. The van der Waals surface area contributed by atoms with Crippen molar-refractivity contribution in [3.05, 3.63) is 63.6 Å². The Balaban J connectivity index is 1.69. The largest absolute Gasteiger partial charge is 0.367 e. The summed E-state index contributed by atoms with van der Waals surface area (Å²) >= 11 is 12.2. The molecule has 3 rings (SSSR count). The van der Waals surface area contributed by atoms with Crippen LogP contribution in [0.4, 0.5) is 14.5 Å². The van der Waals surface area contributed by atoms with Gasteiger partial charge in [-0.15, -0.1) is 0 Å². The second-order valence-corrected chi connectivity index (χ2v) is 6.35. The third-order valence-corrected chi connectivity index (χ3v) is 4.54. The van der Waals surface area contributed by atoms with Gasteiger partial charge in [-0.2, -0.15) is 0 Å². The van der Waals surface area contributed by atoms with Gasteiger partial charge < -0.3 is 9.80 Å². The summed E-state index contributed by atoms with van der Waals surface area (Å²) in [5.41, 5.74) is 0.965. The molecule has 0 radical (unpaired) electrons. The van der Waals surface area contributed by atoms with Crippen LogP contribution in [0.2, 0.25) is 10.0 Å². The van der Waals surface area contributed by atoms with Gasteiger partial charge in [-0.25, -0.2) is 8.78 Å². The van der Waals surface area contributed by atoms with E-state index in [2.05, 4.69) is 0 Å². The molecule has 1 amide bonds. The molecule has 0 aromatic heterocycles. The van der Waals surface area contributed by atoms with Gasteiger partial charge in [-0.05, 0) is 36.4 Å². The summed E-state index contributed by atoms with van der Waals surface area (Å²) in [6.45, 7) is 2.08. The van der Waals surface area contributed by atoms with E-state index in [0.29, 0.717) is 36.2 Å². The molecule has 126 valence electrons. The maximum atomic E-state index is 13.3. The van der Waals surface area contributed by atoms with Crippen molar-refractivity contribution >= 4 is 34.8 Å². The third kappa shape index (κ3) is 3.47. The van der Waals surface area contributed by atoms with E-state index in [4.69, 9.17) is 23.2 Å².